The Morgan fingerprint density at radius 2 is 2.18 bits per heavy atom. The van der Waals surface area contributed by atoms with Gasteiger partial charge in [0, 0.05) is 37.7 Å². The zero-order chi connectivity index (χ0) is 12.3. The fraction of sp³-hybridized carbons (Fsp3) is 0.750. The van der Waals surface area contributed by atoms with Crippen LogP contribution in [-0.4, -0.2) is 38.3 Å². The Balaban J connectivity index is 2.07. The molecule has 5 heteroatoms. The van der Waals surface area contributed by atoms with Gasteiger partial charge >= 0.3 is 0 Å². The highest BCUT2D eigenvalue weighted by atomic mass is 32.1. The van der Waals surface area contributed by atoms with Crippen molar-refractivity contribution in [3.05, 3.63) is 10.6 Å². The minimum atomic E-state index is 0.580. The molecule has 1 aliphatic rings. The van der Waals surface area contributed by atoms with Crippen LogP contribution in [0.1, 0.15) is 23.4 Å². The minimum Gasteiger partial charge on any atom is -0.381 e. The van der Waals surface area contributed by atoms with E-state index in [0.29, 0.717) is 6.04 Å². The van der Waals surface area contributed by atoms with Gasteiger partial charge in [-0.05, 0) is 26.8 Å². The maximum Gasteiger partial charge on any atom is 0.185 e. The molecule has 2 rings (SSSR count). The van der Waals surface area contributed by atoms with Crippen LogP contribution < -0.4 is 10.2 Å². The predicted octanol–water partition coefficient (Wildman–Crippen LogP) is 1.79. The maximum absolute atomic E-state index is 5.40. The molecule has 1 aromatic heterocycles. The molecule has 17 heavy (non-hydrogen) atoms. The van der Waals surface area contributed by atoms with Gasteiger partial charge in [0.15, 0.2) is 5.13 Å². The van der Waals surface area contributed by atoms with Crippen molar-refractivity contribution >= 4 is 16.5 Å². The van der Waals surface area contributed by atoms with Gasteiger partial charge in [0.05, 0.1) is 5.69 Å². The number of nitrogens with zero attached hydrogens (tertiary/aromatic N) is 2. The van der Waals surface area contributed by atoms with E-state index in [1.54, 1.807) is 11.3 Å². The third-order valence-electron chi connectivity index (χ3n) is 3.26. The number of thiazole rings is 1. The van der Waals surface area contributed by atoms with Crippen molar-refractivity contribution < 1.29 is 4.74 Å². The lowest BCUT2D eigenvalue weighted by molar-refractivity contribution is 0.0855. The number of anilines is 1. The molecule has 4 nitrogen and oxygen atoms in total. The number of aryl methyl sites for hydroxylation is 1. The second kappa shape index (κ2) is 5.80. The summed E-state index contributed by atoms with van der Waals surface area (Å²) in [5.41, 5.74) is 1.15. The lowest BCUT2D eigenvalue weighted by atomic mass is 10.1. The molecule has 0 unspecified atom stereocenters. The standard InChI is InChI=1S/C12H21N3OS/c1-9-11(8-13-2)17-12(14-9)15(3)10-4-6-16-7-5-10/h10,13H,4-8H2,1-3H3. The minimum absolute atomic E-state index is 0.580. The van der Waals surface area contributed by atoms with Crippen molar-refractivity contribution in [1.82, 2.24) is 10.3 Å². The first-order chi connectivity index (χ1) is 8.22. The summed E-state index contributed by atoms with van der Waals surface area (Å²) >= 11 is 1.80. The first kappa shape index (κ1) is 12.8. The zero-order valence-electron chi connectivity index (χ0n) is 10.8. The quantitative estimate of drug-likeness (QED) is 0.890. The monoisotopic (exact) mass is 255 g/mol. The van der Waals surface area contributed by atoms with Crippen molar-refractivity contribution in [3.63, 3.8) is 0 Å². The van der Waals surface area contributed by atoms with Crippen LogP contribution >= 0.6 is 11.3 Å². The first-order valence-corrected chi connectivity index (χ1v) is 6.95. The summed E-state index contributed by atoms with van der Waals surface area (Å²) in [4.78, 5) is 8.32. The Hall–Kier alpha value is -0.650. The molecule has 96 valence electrons. The van der Waals surface area contributed by atoms with Crippen molar-refractivity contribution in [3.8, 4) is 0 Å². The van der Waals surface area contributed by atoms with Crippen LogP contribution in [0.2, 0.25) is 0 Å². The predicted molar refractivity (Wildman–Crippen MR) is 71.9 cm³/mol. The second-order valence-electron chi connectivity index (χ2n) is 4.49. The number of hydrogen-bond donors (Lipinski definition) is 1. The third-order valence-corrected chi connectivity index (χ3v) is 4.51. The van der Waals surface area contributed by atoms with E-state index in [-0.39, 0.29) is 0 Å². The molecule has 0 aliphatic carbocycles. The molecular formula is C12H21N3OS. The number of nitrogens with one attached hydrogen (secondary N) is 1. The summed E-state index contributed by atoms with van der Waals surface area (Å²) in [6.07, 6.45) is 2.22. The van der Waals surface area contributed by atoms with Gasteiger partial charge in [-0.2, -0.15) is 0 Å². The van der Waals surface area contributed by atoms with Crippen LogP contribution in [0.4, 0.5) is 5.13 Å². The largest absolute Gasteiger partial charge is 0.381 e. The summed E-state index contributed by atoms with van der Waals surface area (Å²) < 4.78 is 5.40. The van der Waals surface area contributed by atoms with Crippen LogP contribution in [0.5, 0.6) is 0 Å². The number of ether oxygens (including phenoxy) is 1. The smallest absolute Gasteiger partial charge is 0.185 e. The summed E-state index contributed by atoms with van der Waals surface area (Å²) in [6, 6.07) is 0.580. The third kappa shape index (κ3) is 2.97. The summed E-state index contributed by atoms with van der Waals surface area (Å²) in [5.74, 6) is 0. The number of hydrogen-bond acceptors (Lipinski definition) is 5. The highest BCUT2D eigenvalue weighted by molar-refractivity contribution is 7.15. The Bertz CT molecular complexity index is 361. The molecule has 0 bridgehead atoms. The first-order valence-electron chi connectivity index (χ1n) is 6.14. The Labute approximate surface area is 107 Å². The summed E-state index contributed by atoms with van der Waals surface area (Å²) in [5, 5.41) is 4.33. The van der Waals surface area contributed by atoms with E-state index in [2.05, 4.69) is 29.2 Å². The van der Waals surface area contributed by atoms with E-state index in [9.17, 15) is 0 Å². The Morgan fingerprint density at radius 1 is 1.47 bits per heavy atom. The molecule has 0 amide bonds. The van der Waals surface area contributed by atoms with Crippen LogP contribution in [0.15, 0.2) is 0 Å². The van der Waals surface area contributed by atoms with Crippen LogP contribution in [-0.2, 0) is 11.3 Å². The SMILES string of the molecule is CNCc1sc(N(C)C2CCOCC2)nc1C. The van der Waals surface area contributed by atoms with E-state index in [0.717, 1.165) is 43.4 Å². The molecule has 1 aromatic rings. The lowest BCUT2D eigenvalue weighted by Crippen LogP contribution is -2.36. The van der Waals surface area contributed by atoms with Gasteiger partial charge in [-0.25, -0.2) is 4.98 Å². The molecule has 0 aromatic carbocycles. The van der Waals surface area contributed by atoms with Crippen LogP contribution in [0.25, 0.3) is 0 Å². The second-order valence-corrected chi connectivity index (χ2v) is 5.55. The van der Waals surface area contributed by atoms with Gasteiger partial charge < -0.3 is 15.0 Å². The van der Waals surface area contributed by atoms with E-state index in [1.165, 1.54) is 4.88 Å². The molecular weight excluding hydrogens is 234 g/mol. The van der Waals surface area contributed by atoms with Crippen molar-refractivity contribution in [2.75, 3.05) is 32.2 Å². The van der Waals surface area contributed by atoms with E-state index in [1.807, 2.05) is 7.05 Å². The zero-order valence-corrected chi connectivity index (χ0v) is 11.6. The fourth-order valence-electron chi connectivity index (χ4n) is 2.12. The van der Waals surface area contributed by atoms with E-state index >= 15 is 0 Å². The van der Waals surface area contributed by atoms with Crippen LogP contribution in [0, 0.1) is 6.92 Å². The van der Waals surface area contributed by atoms with Crippen LogP contribution in [0.3, 0.4) is 0 Å². The lowest BCUT2D eigenvalue weighted by Gasteiger charge is -2.30. The average molecular weight is 255 g/mol. The molecule has 1 saturated heterocycles. The molecule has 0 radical (unpaired) electrons. The molecule has 0 saturated carbocycles. The molecule has 1 aliphatic heterocycles. The van der Waals surface area contributed by atoms with Crippen molar-refractivity contribution in [1.29, 1.82) is 0 Å². The van der Waals surface area contributed by atoms with Gasteiger partial charge in [0.2, 0.25) is 0 Å². The number of rotatable bonds is 4. The molecule has 2 heterocycles. The highest BCUT2D eigenvalue weighted by Crippen LogP contribution is 2.28. The highest BCUT2D eigenvalue weighted by Gasteiger charge is 2.21. The normalized spacial score (nSPS) is 17.4. The van der Waals surface area contributed by atoms with Gasteiger partial charge in [0.1, 0.15) is 0 Å². The van der Waals surface area contributed by atoms with Gasteiger partial charge in [0.25, 0.3) is 0 Å². The molecule has 0 spiro atoms. The van der Waals surface area contributed by atoms with E-state index in [4.69, 9.17) is 4.74 Å². The topological polar surface area (TPSA) is 37.4 Å². The fourth-order valence-corrected chi connectivity index (χ4v) is 3.22. The van der Waals surface area contributed by atoms with Crippen molar-refractivity contribution in [2.24, 2.45) is 0 Å². The molecule has 1 fully saturated rings. The van der Waals surface area contributed by atoms with Gasteiger partial charge in [-0.3, -0.25) is 0 Å². The molecule has 1 N–H and O–H groups in total. The van der Waals surface area contributed by atoms with E-state index < -0.39 is 0 Å². The Kier molecular flexibility index (Phi) is 4.36. The maximum atomic E-state index is 5.40. The molecule has 0 atom stereocenters. The average Bonchev–Trinajstić information content (AvgIpc) is 2.72. The van der Waals surface area contributed by atoms with Crippen molar-refractivity contribution in [2.45, 2.75) is 32.4 Å². The summed E-state index contributed by atoms with van der Waals surface area (Å²) in [7, 11) is 4.12. The van der Waals surface area contributed by atoms with Gasteiger partial charge in [-0.1, -0.05) is 0 Å². The number of aromatic nitrogens is 1. The summed E-state index contributed by atoms with van der Waals surface area (Å²) in [6.45, 7) is 4.75. The Morgan fingerprint density at radius 3 is 2.82 bits per heavy atom. The van der Waals surface area contributed by atoms with Gasteiger partial charge in [-0.15, -0.1) is 11.3 Å².